The first-order valence-electron chi connectivity index (χ1n) is 14.5. The van der Waals surface area contributed by atoms with Crippen LogP contribution in [0.2, 0.25) is 0 Å². The Labute approximate surface area is 257 Å². The highest BCUT2D eigenvalue weighted by Gasteiger charge is 2.17. The van der Waals surface area contributed by atoms with E-state index in [2.05, 4.69) is 157 Å². The average Bonchev–Trinajstić information content (AvgIpc) is 3.64. The maximum absolute atomic E-state index is 2.37. The molecule has 2 heterocycles. The zero-order valence-corrected chi connectivity index (χ0v) is 24.8. The monoisotopic (exact) mass is 583 g/mol. The van der Waals surface area contributed by atoms with Gasteiger partial charge in [0.05, 0.1) is 0 Å². The maximum Gasteiger partial charge on any atom is 0.0476 e. The molecule has 0 atom stereocenters. The number of para-hydroxylation sites is 1. The number of thiophene rings is 2. The van der Waals surface area contributed by atoms with Gasteiger partial charge < -0.3 is 4.90 Å². The molecular weight excluding hydrogens is 559 g/mol. The minimum Gasteiger partial charge on any atom is -0.310 e. The van der Waals surface area contributed by atoms with Crippen molar-refractivity contribution >= 4 is 90.9 Å². The molecule has 0 N–H and O–H groups in total. The molecule has 0 aliphatic rings. The second-order valence-corrected chi connectivity index (χ2v) is 13.1. The second kappa shape index (κ2) is 9.81. The molecule has 0 fully saturated rings. The number of hydrogen-bond acceptors (Lipinski definition) is 3. The highest BCUT2D eigenvalue weighted by atomic mass is 32.1. The predicted octanol–water partition coefficient (Wildman–Crippen LogP) is 12.7. The average molecular weight is 584 g/mol. The van der Waals surface area contributed by atoms with Crippen LogP contribution in [0.4, 0.5) is 17.1 Å². The van der Waals surface area contributed by atoms with E-state index in [1.807, 2.05) is 22.7 Å². The Morgan fingerprint density at radius 1 is 0.372 bits per heavy atom. The van der Waals surface area contributed by atoms with Crippen LogP contribution in [0.5, 0.6) is 0 Å². The van der Waals surface area contributed by atoms with Gasteiger partial charge in [0.25, 0.3) is 0 Å². The molecule has 9 rings (SSSR count). The zero-order valence-electron chi connectivity index (χ0n) is 23.2. The normalized spacial score (nSPS) is 11.7. The van der Waals surface area contributed by atoms with Gasteiger partial charge in [-0.25, -0.2) is 0 Å². The van der Waals surface area contributed by atoms with Crippen LogP contribution >= 0.6 is 22.7 Å². The van der Waals surface area contributed by atoms with Gasteiger partial charge in [-0.15, -0.1) is 22.7 Å². The molecule has 0 radical (unpaired) electrons. The number of nitrogens with zero attached hydrogens (tertiary/aromatic N) is 1. The van der Waals surface area contributed by atoms with E-state index in [4.69, 9.17) is 0 Å². The lowest BCUT2D eigenvalue weighted by Gasteiger charge is -2.25. The highest BCUT2D eigenvalue weighted by Crippen LogP contribution is 2.46. The smallest absolute Gasteiger partial charge is 0.0476 e. The Kier molecular flexibility index (Phi) is 5.62. The van der Waals surface area contributed by atoms with Crippen molar-refractivity contribution in [3.63, 3.8) is 0 Å². The van der Waals surface area contributed by atoms with E-state index in [9.17, 15) is 0 Å². The maximum atomic E-state index is 2.37. The minimum absolute atomic E-state index is 1.14. The van der Waals surface area contributed by atoms with E-state index in [1.54, 1.807) is 0 Å². The summed E-state index contributed by atoms with van der Waals surface area (Å²) in [7, 11) is 0. The molecule has 2 aromatic heterocycles. The van der Waals surface area contributed by atoms with Crippen LogP contribution in [-0.4, -0.2) is 0 Å². The van der Waals surface area contributed by atoms with Crippen molar-refractivity contribution in [2.75, 3.05) is 4.90 Å². The molecule has 0 amide bonds. The van der Waals surface area contributed by atoms with E-state index >= 15 is 0 Å². The van der Waals surface area contributed by atoms with Crippen molar-refractivity contribution in [2.45, 2.75) is 0 Å². The molecule has 0 saturated heterocycles. The van der Waals surface area contributed by atoms with Gasteiger partial charge in [0.15, 0.2) is 0 Å². The Bertz CT molecular complexity index is 2440. The largest absolute Gasteiger partial charge is 0.310 e. The summed E-state index contributed by atoms with van der Waals surface area (Å²) in [5.74, 6) is 0. The van der Waals surface area contributed by atoms with Crippen LogP contribution < -0.4 is 4.90 Å². The minimum atomic E-state index is 1.14. The molecule has 1 nitrogen and oxygen atoms in total. The third kappa shape index (κ3) is 3.97. The Balaban J connectivity index is 1.24. The molecular formula is C40H25NS2. The van der Waals surface area contributed by atoms with Gasteiger partial charge in [0.1, 0.15) is 0 Å². The molecule has 0 saturated carbocycles. The number of benzene rings is 7. The van der Waals surface area contributed by atoms with Gasteiger partial charge in [-0.3, -0.25) is 0 Å². The predicted molar refractivity (Wildman–Crippen MR) is 190 cm³/mol. The van der Waals surface area contributed by atoms with Gasteiger partial charge in [0, 0.05) is 62.8 Å². The molecule has 9 aromatic rings. The molecule has 0 aliphatic carbocycles. The summed E-state index contributed by atoms with van der Waals surface area (Å²) < 4.78 is 5.38. The Hall–Kier alpha value is -4.96. The van der Waals surface area contributed by atoms with Crippen molar-refractivity contribution in [2.24, 2.45) is 0 Å². The Morgan fingerprint density at radius 2 is 1.02 bits per heavy atom. The van der Waals surface area contributed by atoms with Gasteiger partial charge in [-0.1, -0.05) is 103 Å². The second-order valence-electron chi connectivity index (χ2n) is 10.9. The molecule has 0 unspecified atom stereocenters. The molecule has 43 heavy (non-hydrogen) atoms. The first kappa shape index (κ1) is 24.6. The lowest BCUT2D eigenvalue weighted by atomic mass is 10.0. The van der Waals surface area contributed by atoms with Crippen molar-refractivity contribution in [1.82, 2.24) is 0 Å². The summed E-state index contributed by atoms with van der Waals surface area (Å²) in [5.41, 5.74) is 5.90. The lowest BCUT2D eigenvalue weighted by Crippen LogP contribution is -2.09. The molecule has 0 bridgehead atoms. The molecule has 3 heteroatoms. The van der Waals surface area contributed by atoms with Crippen molar-refractivity contribution in [1.29, 1.82) is 0 Å². The van der Waals surface area contributed by atoms with Gasteiger partial charge >= 0.3 is 0 Å². The number of rotatable bonds is 4. The third-order valence-corrected chi connectivity index (χ3v) is 10.8. The fraction of sp³-hybridized carbons (Fsp3) is 0. The molecule has 7 aromatic carbocycles. The lowest BCUT2D eigenvalue weighted by molar-refractivity contribution is 1.29. The summed E-state index contributed by atoms with van der Waals surface area (Å²) in [6.45, 7) is 0. The number of anilines is 3. The summed E-state index contributed by atoms with van der Waals surface area (Å²) in [6, 6.07) is 55.1. The van der Waals surface area contributed by atoms with Crippen LogP contribution in [0.3, 0.4) is 0 Å². The van der Waals surface area contributed by atoms with E-state index in [-0.39, 0.29) is 0 Å². The summed E-state index contributed by atoms with van der Waals surface area (Å²) in [5, 5.41) is 8.09. The number of hydrogen-bond donors (Lipinski definition) is 0. The quantitative estimate of drug-likeness (QED) is 0.199. The van der Waals surface area contributed by atoms with Crippen LogP contribution in [-0.2, 0) is 0 Å². The van der Waals surface area contributed by atoms with Crippen molar-refractivity contribution < 1.29 is 0 Å². The first-order valence-corrected chi connectivity index (χ1v) is 16.1. The summed E-state index contributed by atoms with van der Waals surface area (Å²) >= 11 is 3.81. The molecule has 0 aliphatic heterocycles. The van der Waals surface area contributed by atoms with Crippen LogP contribution in [0.1, 0.15) is 0 Å². The third-order valence-electron chi connectivity index (χ3n) is 8.45. The number of fused-ring (bicyclic) bond motifs is 9. The van der Waals surface area contributed by atoms with E-state index in [0.717, 1.165) is 17.1 Å². The van der Waals surface area contributed by atoms with Gasteiger partial charge in [-0.2, -0.15) is 0 Å². The molecule has 202 valence electrons. The first-order chi connectivity index (χ1) is 21.3. The summed E-state index contributed by atoms with van der Waals surface area (Å²) in [4.78, 5) is 2.36. The van der Waals surface area contributed by atoms with Gasteiger partial charge in [-0.05, 0) is 65.0 Å². The van der Waals surface area contributed by atoms with E-state index in [0.29, 0.717) is 0 Å². The van der Waals surface area contributed by atoms with Crippen LogP contribution in [0.15, 0.2) is 152 Å². The highest BCUT2D eigenvalue weighted by molar-refractivity contribution is 7.28. The van der Waals surface area contributed by atoms with Gasteiger partial charge in [0.2, 0.25) is 0 Å². The zero-order chi connectivity index (χ0) is 28.3. The van der Waals surface area contributed by atoms with Crippen LogP contribution in [0, 0.1) is 0 Å². The standard InChI is InChI=1S/C40H25NS2/c1-3-9-26(10-4-1)27-15-19-30(20-16-27)41(29-11-5-2-6-12-29)31-21-23-34-37(25-31)42-36-24-18-28-17-22-33-32-13-7-8-14-35(32)43-40(33)38(28)39(34)36/h1-25H. The van der Waals surface area contributed by atoms with Crippen LogP contribution in [0.25, 0.3) is 62.2 Å². The fourth-order valence-electron chi connectivity index (χ4n) is 6.44. The topological polar surface area (TPSA) is 3.24 Å². The van der Waals surface area contributed by atoms with E-state index < -0.39 is 0 Å². The van der Waals surface area contributed by atoms with Crippen molar-refractivity contribution in [3.8, 4) is 11.1 Å². The SMILES string of the molecule is c1ccc(-c2ccc(N(c3ccccc3)c3ccc4c(c3)sc3ccc5ccc6c7ccccc7sc6c5c34)cc2)cc1. The molecule has 0 spiro atoms. The Morgan fingerprint density at radius 3 is 1.86 bits per heavy atom. The van der Waals surface area contributed by atoms with Crippen molar-refractivity contribution in [3.05, 3.63) is 152 Å². The fourth-order valence-corrected chi connectivity index (χ4v) is 8.85. The van der Waals surface area contributed by atoms with E-state index in [1.165, 1.54) is 62.2 Å². The summed E-state index contributed by atoms with van der Waals surface area (Å²) in [6.07, 6.45) is 0.